The quantitative estimate of drug-likeness (QED) is 0.721. The smallest absolute Gasteiger partial charge is 0.119 e. The van der Waals surface area contributed by atoms with Gasteiger partial charge in [-0.25, -0.2) is 0 Å². The van der Waals surface area contributed by atoms with Crippen LogP contribution in [0.3, 0.4) is 0 Å². The number of rotatable bonds is 2. The lowest BCUT2D eigenvalue weighted by molar-refractivity contribution is 0.230. The second-order valence-corrected chi connectivity index (χ2v) is 4.32. The molecular weight excluding hydrogens is 164 g/mol. The van der Waals surface area contributed by atoms with Crippen LogP contribution in [0.4, 0.5) is 0 Å². The molecule has 1 N–H and O–H groups in total. The lowest BCUT2D eigenvalue weighted by Gasteiger charge is -2.27. The zero-order valence-electron chi connectivity index (χ0n) is 8.20. The van der Waals surface area contributed by atoms with Crippen molar-refractivity contribution in [2.24, 2.45) is 11.3 Å². The van der Waals surface area contributed by atoms with Crippen molar-refractivity contribution in [3.8, 4) is 0 Å². The Morgan fingerprint density at radius 1 is 1.54 bits per heavy atom. The Bertz CT molecular complexity index is 269. The summed E-state index contributed by atoms with van der Waals surface area (Å²) in [6, 6.07) is 0. The summed E-state index contributed by atoms with van der Waals surface area (Å²) in [4.78, 5) is 0. The second-order valence-electron chi connectivity index (χ2n) is 4.32. The third-order valence-electron chi connectivity index (χ3n) is 3.18. The molecule has 4 heteroatoms. The van der Waals surface area contributed by atoms with Crippen LogP contribution >= 0.6 is 0 Å². The Balaban J connectivity index is 2.08. The molecule has 0 bridgehead atoms. The van der Waals surface area contributed by atoms with Crippen LogP contribution in [-0.4, -0.2) is 27.9 Å². The van der Waals surface area contributed by atoms with Gasteiger partial charge in [-0.05, 0) is 12.5 Å². The maximum atomic E-state index is 3.81. The van der Waals surface area contributed by atoms with Gasteiger partial charge in [0, 0.05) is 18.5 Å². The second kappa shape index (κ2) is 3.10. The topological polar surface area (TPSA) is 42.7 Å². The van der Waals surface area contributed by atoms with Crippen molar-refractivity contribution in [1.82, 2.24) is 20.1 Å². The van der Waals surface area contributed by atoms with E-state index in [-0.39, 0.29) is 0 Å². The highest BCUT2D eigenvalue weighted by atomic mass is 15.2. The molecular formula is C9H16N4. The first-order valence-electron chi connectivity index (χ1n) is 4.74. The van der Waals surface area contributed by atoms with E-state index in [9.17, 15) is 0 Å². The largest absolute Gasteiger partial charge is 0.320 e. The third kappa shape index (κ3) is 1.58. The van der Waals surface area contributed by atoms with Crippen LogP contribution in [0.25, 0.3) is 0 Å². The van der Waals surface area contributed by atoms with Crippen molar-refractivity contribution in [1.29, 1.82) is 0 Å². The van der Waals surface area contributed by atoms with E-state index >= 15 is 0 Å². The summed E-state index contributed by atoms with van der Waals surface area (Å²) in [5.41, 5.74) is 0.350. The Hall–Kier alpha value is -0.900. The van der Waals surface area contributed by atoms with Crippen molar-refractivity contribution in [3.63, 3.8) is 0 Å². The Labute approximate surface area is 78.4 Å². The number of aromatic nitrogens is 3. The molecule has 0 aromatic carbocycles. The molecule has 1 aliphatic heterocycles. The normalized spacial score (nSPS) is 33.8. The average Bonchev–Trinajstić information content (AvgIpc) is 2.65. The molecule has 1 saturated heterocycles. The molecule has 4 nitrogen and oxygen atoms in total. The van der Waals surface area contributed by atoms with Gasteiger partial charge in [0.2, 0.25) is 0 Å². The minimum absolute atomic E-state index is 0.350. The van der Waals surface area contributed by atoms with Gasteiger partial charge in [0.05, 0.1) is 0 Å². The zero-order chi connectivity index (χ0) is 9.31. The minimum Gasteiger partial charge on any atom is -0.320 e. The van der Waals surface area contributed by atoms with Gasteiger partial charge in [-0.15, -0.1) is 10.2 Å². The lowest BCUT2D eigenvalue weighted by atomic mass is 9.81. The molecule has 0 amide bonds. The first-order chi connectivity index (χ1) is 6.21. The number of hydrogen-bond donors (Lipinski definition) is 1. The van der Waals surface area contributed by atoms with E-state index in [1.54, 1.807) is 12.7 Å². The zero-order valence-corrected chi connectivity index (χ0v) is 8.20. The van der Waals surface area contributed by atoms with E-state index in [0.717, 1.165) is 25.6 Å². The van der Waals surface area contributed by atoms with Crippen molar-refractivity contribution >= 4 is 0 Å². The summed E-state index contributed by atoms with van der Waals surface area (Å²) in [6.07, 6.45) is 3.58. The fourth-order valence-electron chi connectivity index (χ4n) is 1.93. The summed E-state index contributed by atoms with van der Waals surface area (Å²) in [5.74, 6) is 0.717. The maximum absolute atomic E-state index is 3.81. The minimum atomic E-state index is 0.350. The predicted molar refractivity (Wildman–Crippen MR) is 50.2 cm³/mol. The molecule has 13 heavy (non-hydrogen) atoms. The van der Waals surface area contributed by atoms with Gasteiger partial charge in [-0.1, -0.05) is 13.8 Å². The summed E-state index contributed by atoms with van der Waals surface area (Å²) >= 11 is 0. The summed E-state index contributed by atoms with van der Waals surface area (Å²) in [6.45, 7) is 7.83. The Morgan fingerprint density at radius 3 is 2.77 bits per heavy atom. The molecule has 2 rings (SSSR count). The van der Waals surface area contributed by atoms with Gasteiger partial charge in [-0.2, -0.15) is 0 Å². The number of nitrogens with zero attached hydrogens (tertiary/aromatic N) is 3. The monoisotopic (exact) mass is 180 g/mol. The van der Waals surface area contributed by atoms with E-state index in [2.05, 4.69) is 33.9 Å². The molecule has 1 aromatic heterocycles. The standard InChI is InChI=1S/C9H16N4/c1-8-3-10-4-9(8,2)5-13-6-11-12-7-13/h6-8,10H,3-5H2,1-2H3. The highest BCUT2D eigenvalue weighted by Gasteiger charge is 2.35. The highest BCUT2D eigenvalue weighted by molar-refractivity contribution is 4.89. The lowest BCUT2D eigenvalue weighted by Crippen LogP contribution is -2.30. The molecule has 72 valence electrons. The molecule has 1 aliphatic rings. The molecule has 0 saturated carbocycles. The first-order valence-corrected chi connectivity index (χ1v) is 4.74. The molecule has 1 aromatic rings. The third-order valence-corrected chi connectivity index (χ3v) is 3.18. The van der Waals surface area contributed by atoms with Crippen molar-refractivity contribution in [2.75, 3.05) is 13.1 Å². The van der Waals surface area contributed by atoms with E-state index in [0.29, 0.717) is 5.41 Å². The van der Waals surface area contributed by atoms with Gasteiger partial charge >= 0.3 is 0 Å². The van der Waals surface area contributed by atoms with E-state index < -0.39 is 0 Å². The van der Waals surface area contributed by atoms with Gasteiger partial charge in [0.25, 0.3) is 0 Å². The SMILES string of the molecule is CC1CNCC1(C)Cn1cnnc1. The van der Waals surface area contributed by atoms with Gasteiger partial charge in [0.1, 0.15) is 12.7 Å². The molecule has 2 atom stereocenters. The molecule has 0 spiro atoms. The fraction of sp³-hybridized carbons (Fsp3) is 0.778. The van der Waals surface area contributed by atoms with Gasteiger partial charge < -0.3 is 9.88 Å². The Morgan fingerprint density at radius 2 is 2.23 bits per heavy atom. The Kier molecular flexibility index (Phi) is 2.07. The highest BCUT2D eigenvalue weighted by Crippen LogP contribution is 2.32. The van der Waals surface area contributed by atoms with Crippen LogP contribution in [0.15, 0.2) is 12.7 Å². The summed E-state index contributed by atoms with van der Waals surface area (Å²) in [5, 5.41) is 11.0. The number of hydrogen-bond acceptors (Lipinski definition) is 3. The van der Waals surface area contributed by atoms with E-state index in [1.807, 2.05) is 0 Å². The molecule has 0 radical (unpaired) electrons. The molecule has 2 unspecified atom stereocenters. The van der Waals surface area contributed by atoms with Crippen molar-refractivity contribution in [3.05, 3.63) is 12.7 Å². The average molecular weight is 180 g/mol. The maximum Gasteiger partial charge on any atom is 0.119 e. The predicted octanol–water partition coefficient (Wildman–Crippen LogP) is 0.524. The summed E-state index contributed by atoms with van der Waals surface area (Å²) in [7, 11) is 0. The molecule has 2 heterocycles. The van der Waals surface area contributed by atoms with Crippen molar-refractivity contribution < 1.29 is 0 Å². The molecule has 0 aliphatic carbocycles. The fourth-order valence-corrected chi connectivity index (χ4v) is 1.93. The van der Waals surface area contributed by atoms with Crippen LogP contribution < -0.4 is 5.32 Å². The van der Waals surface area contributed by atoms with Crippen LogP contribution in [0.1, 0.15) is 13.8 Å². The van der Waals surface area contributed by atoms with Gasteiger partial charge in [-0.3, -0.25) is 0 Å². The summed E-state index contributed by atoms with van der Waals surface area (Å²) < 4.78 is 2.06. The van der Waals surface area contributed by atoms with E-state index in [1.165, 1.54) is 0 Å². The first kappa shape index (κ1) is 8.69. The van der Waals surface area contributed by atoms with Crippen LogP contribution in [0, 0.1) is 11.3 Å². The van der Waals surface area contributed by atoms with Gasteiger partial charge in [0.15, 0.2) is 0 Å². The van der Waals surface area contributed by atoms with Crippen LogP contribution in [0.2, 0.25) is 0 Å². The van der Waals surface area contributed by atoms with Crippen molar-refractivity contribution in [2.45, 2.75) is 20.4 Å². The number of nitrogens with one attached hydrogen (secondary N) is 1. The van der Waals surface area contributed by atoms with E-state index in [4.69, 9.17) is 0 Å². The van der Waals surface area contributed by atoms with Crippen LogP contribution in [0.5, 0.6) is 0 Å². The molecule has 1 fully saturated rings. The van der Waals surface area contributed by atoms with Crippen LogP contribution in [-0.2, 0) is 6.54 Å².